The summed E-state index contributed by atoms with van der Waals surface area (Å²) < 4.78 is 7.26. The molecule has 1 N–H and O–H groups in total. The minimum absolute atomic E-state index is 0.311. The quantitative estimate of drug-likeness (QED) is 0.790. The zero-order valence-corrected chi connectivity index (χ0v) is 12.5. The second-order valence-electron chi connectivity index (χ2n) is 4.58. The average molecular weight is 279 g/mol. The van der Waals surface area contributed by atoms with Crippen molar-refractivity contribution in [3.05, 3.63) is 34.3 Å². The molecule has 0 aromatic carbocycles. The molecular formula is C14H21N3OS. The van der Waals surface area contributed by atoms with Gasteiger partial charge >= 0.3 is 0 Å². The first-order valence-electron chi connectivity index (χ1n) is 6.54. The van der Waals surface area contributed by atoms with E-state index in [2.05, 4.69) is 45.5 Å². The van der Waals surface area contributed by atoms with E-state index in [1.54, 1.807) is 18.4 Å². The van der Waals surface area contributed by atoms with Crippen molar-refractivity contribution in [2.75, 3.05) is 25.6 Å². The maximum Gasteiger partial charge on any atom is 0.203 e. The van der Waals surface area contributed by atoms with E-state index in [1.807, 2.05) is 6.92 Å². The lowest BCUT2D eigenvalue weighted by atomic mass is 10.3. The first-order chi connectivity index (χ1) is 9.22. The van der Waals surface area contributed by atoms with E-state index in [4.69, 9.17) is 4.74 Å². The molecular weight excluding hydrogens is 258 g/mol. The first kappa shape index (κ1) is 14.1. The number of thiophene rings is 1. The molecule has 0 aliphatic carbocycles. The zero-order chi connectivity index (χ0) is 13.7. The Bertz CT molecular complexity index is 493. The summed E-state index contributed by atoms with van der Waals surface area (Å²) in [6.07, 6.45) is 3.08. The van der Waals surface area contributed by atoms with Crippen molar-refractivity contribution in [3.8, 4) is 0 Å². The fourth-order valence-electron chi connectivity index (χ4n) is 2.02. The Labute approximate surface area is 118 Å². The van der Waals surface area contributed by atoms with Crippen LogP contribution in [0.2, 0.25) is 0 Å². The Hall–Kier alpha value is -1.33. The second-order valence-corrected chi connectivity index (χ2v) is 5.56. The Morgan fingerprint density at radius 3 is 3.05 bits per heavy atom. The minimum atomic E-state index is 0.311. The van der Waals surface area contributed by atoms with E-state index in [9.17, 15) is 0 Å². The molecule has 0 saturated carbocycles. The maximum absolute atomic E-state index is 5.06. The number of nitrogens with one attached hydrogen (secondary N) is 1. The smallest absolute Gasteiger partial charge is 0.203 e. The van der Waals surface area contributed by atoms with Gasteiger partial charge in [0.1, 0.15) is 0 Å². The van der Waals surface area contributed by atoms with Gasteiger partial charge in [-0.05, 0) is 31.7 Å². The van der Waals surface area contributed by atoms with Gasteiger partial charge in [-0.15, -0.1) is 11.3 Å². The van der Waals surface area contributed by atoms with Crippen LogP contribution in [0.1, 0.15) is 30.0 Å². The maximum atomic E-state index is 5.06. The third-order valence-electron chi connectivity index (χ3n) is 3.03. The van der Waals surface area contributed by atoms with E-state index < -0.39 is 0 Å². The van der Waals surface area contributed by atoms with E-state index in [0.717, 1.165) is 31.2 Å². The largest absolute Gasteiger partial charge is 0.385 e. The van der Waals surface area contributed by atoms with Crippen molar-refractivity contribution in [2.24, 2.45) is 0 Å². The SMILES string of the molecule is COCCCNc1nc(C)cn1C(C)c1cccs1. The van der Waals surface area contributed by atoms with Gasteiger partial charge in [-0.25, -0.2) is 4.98 Å². The number of rotatable bonds is 7. The molecule has 4 nitrogen and oxygen atoms in total. The predicted molar refractivity (Wildman–Crippen MR) is 80.1 cm³/mol. The molecule has 19 heavy (non-hydrogen) atoms. The number of ether oxygens (including phenoxy) is 1. The molecule has 104 valence electrons. The molecule has 0 spiro atoms. The van der Waals surface area contributed by atoms with Crippen LogP contribution in [-0.4, -0.2) is 29.8 Å². The van der Waals surface area contributed by atoms with Gasteiger partial charge in [0.15, 0.2) is 0 Å². The molecule has 0 saturated heterocycles. The van der Waals surface area contributed by atoms with Gasteiger partial charge in [0, 0.05) is 31.3 Å². The van der Waals surface area contributed by atoms with Crippen molar-refractivity contribution in [3.63, 3.8) is 0 Å². The standard InChI is InChI=1S/C14H21N3OS/c1-11-10-17(12(2)13-6-4-9-19-13)14(16-11)15-7-5-8-18-3/h4,6,9-10,12H,5,7-8H2,1-3H3,(H,15,16). The van der Waals surface area contributed by atoms with Gasteiger partial charge in [0.05, 0.1) is 11.7 Å². The summed E-state index contributed by atoms with van der Waals surface area (Å²) in [5.74, 6) is 0.939. The van der Waals surface area contributed by atoms with Crippen molar-refractivity contribution >= 4 is 17.3 Å². The molecule has 0 aliphatic rings. The molecule has 1 unspecified atom stereocenters. The summed E-state index contributed by atoms with van der Waals surface area (Å²) in [5, 5.41) is 5.50. The minimum Gasteiger partial charge on any atom is -0.385 e. The van der Waals surface area contributed by atoms with Crippen LogP contribution in [0.5, 0.6) is 0 Å². The number of anilines is 1. The van der Waals surface area contributed by atoms with Gasteiger partial charge in [-0.2, -0.15) is 0 Å². The monoisotopic (exact) mass is 279 g/mol. The van der Waals surface area contributed by atoms with E-state index in [0.29, 0.717) is 6.04 Å². The van der Waals surface area contributed by atoms with Gasteiger partial charge in [-0.1, -0.05) is 6.07 Å². The van der Waals surface area contributed by atoms with Gasteiger partial charge in [0.2, 0.25) is 5.95 Å². The molecule has 2 aromatic rings. The van der Waals surface area contributed by atoms with Crippen LogP contribution in [0, 0.1) is 6.92 Å². The Morgan fingerprint density at radius 1 is 1.53 bits per heavy atom. The highest BCUT2D eigenvalue weighted by atomic mass is 32.1. The Kier molecular flexibility index (Phi) is 4.99. The highest BCUT2D eigenvalue weighted by Crippen LogP contribution is 2.26. The predicted octanol–water partition coefficient (Wildman–Crippen LogP) is 3.31. The second kappa shape index (κ2) is 6.73. The van der Waals surface area contributed by atoms with Gasteiger partial charge < -0.3 is 14.6 Å². The summed E-state index contributed by atoms with van der Waals surface area (Å²) in [6.45, 7) is 5.87. The molecule has 2 aromatic heterocycles. The molecule has 0 radical (unpaired) electrons. The van der Waals surface area contributed by atoms with Gasteiger partial charge in [-0.3, -0.25) is 0 Å². The summed E-state index contributed by atoms with van der Waals surface area (Å²) in [4.78, 5) is 5.90. The number of aryl methyl sites for hydroxylation is 1. The van der Waals surface area contributed by atoms with Crippen LogP contribution in [-0.2, 0) is 4.74 Å². The van der Waals surface area contributed by atoms with Gasteiger partial charge in [0.25, 0.3) is 0 Å². The fourth-order valence-corrected chi connectivity index (χ4v) is 2.81. The molecule has 1 atom stereocenters. The molecule has 2 heterocycles. The van der Waals surface area contributed by atoms with E-state index in [1.165, 1.54) is 4.88 Å². The van der Waals surface area contributed by atoms with E-state index >= 15 is 0 Å². The summed E-state index contributed by atoms with van der Waals surface area (Å²) in [6, 6.07) is 4.57. The Morgan fingerprint density at radius 2 is 2.37 bits per heavy atom. The fraction of sp³-hybridized carbons (Fsp3) is 0.500. The third kappa shape index (κ3) is 3.58. The molecule has 0 amide bonds. The van der Waals surface area contributed by atoms with Crippen LogP contribution in [0.25, 0.3) is 0 Å². The third-order valence-corrected chi connectivity index (χ3v) is 4.08. The molecule has 2 rings (SSSR count). The lowest BCUT2D eigenvalue weighted by Crippen LogP contribution is -2.12. The van der Waals surface area contributed by atoms with Crippen LogP contribution in [0.15, 0.2) is 23.7 Å². The Balaban J connectivity index is 2.07. The van der Waals surface area contributed by atoms with Crippen LogP contribution < -0.4 is 5.32 Å². The van der Waals surface area contributed by atoms with Crippen LogP contribution >= 0.6 is 11.3 Å². The lowest BCUT2D eigenvalue weighted by molar-refractivity contribution is 0.197. The summed E-state index contributed by atoms with van der Waals surface area (Å²) in [5.41, 5.74) is 1.04. The van der Waals surface area contributed by atoms with Crippen molar-refractivity contribution in [2.45, 2.75) is 26.3 Å². The average Bonchev–Trinajstić information content (AvgIpc) is 3.03. The lowest BCUT2D eigenvalue weighted by Gasteiger charge is -2.15. The summed E-state index contributed by atoms with van der Waals surface area (Å²) >= 11 is 1.78. The number of methoxy groups -OCH3 is 1. The molecule has 5 heteroatoms. The van der Waals surface area contributed by atoms with Crippen molar-refractivity contribution in [1.29, 1.82) is 0 Å². The molecule has 0 bridgehead atoms. The highest BCUT2D eigenvalue weighted by Gasteiger charge is 2.14. The van der Waals surface area contributed by atoms with Crippen LogP contribution in [0.3, 0.4) is 0 Å². The topological polar surface area (TPSA) is 39.1 Å². The molecule has 0 aliphatic heterocycles. The summed E-state index contributed by atoms with van der Waals surface area (Å²) in [7, 11) is 1.73. The molecule has 0 fully saturated rings. The number of hydrogen-bond acceptors (Lipinski definition) is 4. The number of aromatic nitrogens is 2. The number of imidazole rings is 1. The van der Waals surface area contributed by atoms with E-state index in [-0.39, 0.29) is 0 Å². The highest BCUT2D eigenvalue weighted by molar-refractivity contribution is 7.10. The number of nitrogens with zero attached hydrogens (tertiary/aromatic N) is 2. The van der Waals surface area contributed by atoms with Crippen molar-refractivity contribution < 1.29 is 4.74 Å². The first-order valence-corrected chi connectivity index (χ1v) is 7.42. The number of hydrogen-bond donors (Lipinski definition) is 1. The normalized spacial score (nSPS) is 12.6. The zero-order valence-electron chi connectivity index (χ0n) is 11.7. The van der Waals surface area contributed by atoms with Crippen molar-refractivity contribution in [1.82, 2.24) is 9.55 Å². The van der Waals surface area contributed by atoms with Crippen LogP contribution in [0.4, 0.5) is 5.95 Å².